The van der Waals surface area contributed by atoms with Gasteiger partial charge in [-0.05, 0) is 52.9 Å². The van der Waals surface area contributed by atoms with Crippen molar-refractivity contribution in [2.75, 3.05) is 0 Å². The van der Waals surface area contributed by atoms with Crippen molar-refractivity contribution >= 4 is 34.2 Å². The first-order valence-electron chi connectivity index (χ1n) is 4.68. The van der Waals surface area contributed by atoms with Crippen LogP contribution in [0.15, 0.2) is 36.4 Å². The van der Waals surface area contributed by atoms with Crippen LogP contribution in [0.5, 0.6) is 11.6 Å². The average Bonchev–Trinajstić information content (AvgIpc) is 2.31. The number of halogens is 2. The molecule has 1 aromatic heterocycles. The zero-order chi connectivity index (χ0) is 12.3. The van der Waals surface area contributed by atoms with Crippen LogP contribution in [-0.2, 0) is 0 Å². The van der Waals surface area contributed by atoms with Gasteiger partial charge in [0.05, 0.1) is 11.6 Å². The number of rotatable bonds is 2. The van der Waals surface area contributed by atoms with Crippen LogP contribution in [0.1, 0.15) is 5.56 Å². The third kappa shape index (κ3) is 3.32. The molecule has 0 saturated heterocycles. The molecule has 0 atom stereocenters. The molecule has 0 N–H and O–H groups in total. The molecule has 0 unspecified atom stereocenters. The number of nitrogens with zero attached hydrogens (tertiary/aromatic N) is 2. The zero-order valence-electron chi connectivity index (χ0n) is 8.52. The lowest BCUT2D eigenvalue weighted by Gasteiger charge is -2.05. The lowest BCUT2D eigenvalue weighted by molar-refractivity contribution is 0.463. The van der Waals surface area contributed by atoms with Crippen LogP contribution in [-0.4, -0.2) is 4.98 Å². The topological polar surface area (TPSA) is 45.9 Å². The summed E-state index contributed by atoms with van der Waals surface area (Å²) in [7, 11) is 0. The number of hydrogen-bond acceptors (Lipinski definition) is 3. The smallest absolute Gasteiger partial charge is 0.221 e. The Morgan fingerprint density at radius 3 is 2.59 bits per heavy atom. The molecule has 0 spiro atoms. The van der Waals surface area contributed by atoms with Crippen molar-refractivity contribution < 1.29 is 4.74 Å². The Kier molecular flexibility index (Phi) is 3.82. The molecule has 0 aliphatic heterocycles. The highest BCUT2D eigenvalue weighted by molar-refractivity contribution is 14.1. The molecular weight excluding hydrogens is 351 g/mol. The summed E-state index contributed by atoms with van der Waals surface area (Å²) in [6.07, 6.45) is 0. The van der Waals surface area contributed by atoms with Gasteiger partial charge in [-0.3, -0.25) is 0 Å². The number of nitriles is 1. The number of benzene rings is 1. The van der Waals surface area contributed by atoms with E-state index in [0.717, 1.165) is 3.57 Å². The van der Waals surface area contributed by atoms with Gasteiger partial charge in [0, 0.05) is 9.64 Å². The van der Waals surface area contributed by atoms with Crippen LogP contribution in [0.4, 0.5) is 0 Å². The second-order valence-corrected chi connectivity index (χ2v) is 4.82. The molecule has 1 aromatic carbocycles. The van der Waals surface area contributed by atoms with E-state index >= 15 is 0 Å². The fourth-order valence-corrected chi connectivity index (χ4v) is 1.77. The van der Waals surface area contributed by atoms with E-state index in [1.165, 1.54) is 6.07 Å². The normalized spacial score (nSPS) is 9.71. The van der Waals surface area contributed by atoms with E-state index < -0.39 is 0 Å². The summed E-state index contributed by atoms with van der Waals surface area (Å²) in [5.74, 6) is 0.972. The number of pyridine rings is 1. The maximum Gasteiger partial charge on any atom is 0.221 e. The average molecular weight is 357 g/mol. The Balaban J connectivity index is 2.27. The van der Waals surface area contributed by atoms with Gasteiger partial charge in [-0.1, -0.05) is 11.6 Å². The molecule has 0 aliphatic rings. The Labute approximate surface area is 117 Å². The first-order chi connectivity index (χ1) is 8.17. The third-order valence-corrected chi connectivity index (χ3v) is 2.85. The van der Waals surface area contributed by atoms with Crippen LogP contribution in [0.2, 0.25) is 5.15 Å². The maximum atomic E-state index is 8.80. The molecule has 0 fully saturated rings. The highest BCUT2D eigenvalue weighted by Gasteiger charge is 2.03. The monoisotopic (exact) mass is 356 g/mol. The summed E-state index contributed by atoms with van der Waals surface area (Å²) in [6.45, 7) is 0. The second-order valence-electron chi connectivity index (χ2n) is 3.18. The van der Waals surface area contributed by atoms with Crippen molar-refractivity contribution in [1.82, 2.24) is 4.98 Å². The van der Waals surface area contributed by atoms with Crippen LogP contribution in [0.25, 0.3) is 0 Å². The van der Waals surface area contributed by atoms with Crippen molar-refractivity contribution in [1.29, 1.82) is 5.26 Å². The molecule has 0 radical (unpaired) electrons. The Bertz CT molecular complexity index is 578. The van der Waals surface area contributed by atoms with Crippen LogP contribution >= 0.6 is 34.2 Å². The first kappa shape index (κ1) is 12.1. The second kappa shape index (κ2) is 5.34. The molecule has 0 aliphatic carbocycles. The van der Waals surface area contributed by atoms with Gasteiger partial charge in [0.1, 0.15) is 10.9 Å². The summed E-state index contributed by atoms with van der Waals surface area (Å²) in [6, 6.07) is 12.5. The summed E-state index contributed by atoms with van der Waals surface area (Å²) in [5, 5.41) is 9.04. The lowest BCUT2D eigenvalue weighted by atomic mass is 10.3. The van der Waals surface area contributed by atoms with Gasteiger partial charge in [0.25, 0.3) is 0 Å². The molecule has 0 bridgehead atoms. The van der Waals surface area contributed by atoms with Gasteiger partial charge in [-0.15, -0.1) is 0 Å². The molecule has 2 aromatic rings. The van der Waals surface area contributed by atoms with Crippen LogP contribution < -0.4 is 4.74 Å². The van der Waals surface area contributed by atoms with Crippen molar-refractivity contribution in [2.24, 2.45) is 0 Å². The highest BCUT2D eigenvalue weighted by atomic mass is 127. The quantitative estimate of drug-likeness (QED) is 0.603. The number of aromatic nitrogens is 1. The van der Waals surface area contributed by atoms with Crippen molar-refractivity contribution in [3.8, 4) is 17.7 Å². The van der Waals surface area contributed by atoms with Crippen LogP contribution in [0, 0.1) is 14.9 Å². The SMILES string of the molecule is N#Cc1cc(Cl)nc(Oc2ccc(I)cc2)c1. The first-order valence-corrected chi connectivity index (χ1v) is 6.14. The Hall–Kier alpha value is -1.32. The van der Waals surface area contributed by atoms with E-state index in [4.69, 9.17) is 21.6 Å². The van der Waals surface area contributed by atoms with E-state index in [9.17, 15) is 0 Å². The van der Waals surface area contributed by atoms with E-state index in [1.807, 2.05) is 30.3 Å². The minimum Gasteiger partial charge on any atom is -0.439 e. The molecule has 1 heterocycles. The molecule has 84 valence electrons. The van der Waals surface area contributed by atoms with Gasteiger partial charge in [0.15, 0.2) is 0 Å². The molecule has 2 rings (SSSR count). The summed E-state index contributed by atoms with van der Waals surface area (Å²) >= 11 is 7.99. The van der Waals surface area contributed by atoms with E-state index in [1.54, 1.807) is 6.07 Å². The third-order valence-electron chi connectivity index (χ3n) is 1.94. The Morgan fingerprint density at radius 2 is 1.94 bits per heavy atom. The van der Waals surface area contributed by atoms with Gasteiger partial charge >= 0.3 is 0 Å². The molecule has 0 saturated carbocycles. The van der Waals surface area contributed by atoms with Gasteiger partial charge < -0.3 is 4.74 Å². The standard InChI is InChI=1S/C12H6ClIN2O/c13-11-5-8(7-15)6-12(16-11)17-10-3-1-9(14)2-4-10/h1-6H. The summed E-state index contributed by atoms with van der Waals surface area (Å²) in [5.41, 5.74) is 0.422. The fraction of sp³-hybridized carbons (Fsp3) is 0. The highest BCUT2D eigenvalue weighted by Crippen LogP contribution is 2.23. The van der Waals surface area contributed by atoms with Gasteiger partial charge in [-0.2, -0.15) is 5.26 Å². The van der Waals surface area contributed by atoms with Crippen molar-refractivity contribution in [2.45, 2.75) is 0 Å². The maximum absolute atomic E-state index is 8.80. The number of hydrogen-bond donors (Lipinski definition) is 0. The molecule has 5 heteroatoms. The van der Waals surface area contributed by atoms with Crippen LogP contribution in [0.3, 0.4) is 0 Å². The minimum atomic E-state index is 0.240. The van der Waals surface area contributed by atoms with E-state index in [0.29, 0.717) is 17.2 Å². The minimum absolute atomic E-state index is 0.240. The van der Waals surface area contributed by atoms with Crippen molar-refractivity contribution in [3.05, 3.63) is 50.7 Å². The van der Waals surface area contributed by atoms with Gasteiger partial charge in [0.2, 0.25) is 5.88 Å². The van der Waals surface area contributed by atoms with E-state index in [2.05, 4.69) is 27.6 Å². The lowest BCUT2D eigenvalue weighted by Crippen LogP contribution is -1.89. The molecule has 0 amide bonds. The van der Waals surface area contributed by atoms with Crippen molar-refractivity contribution in [3.63, 3.8) is 0 Å². The van der Waals surface area contributed by atoms with E-state index in [-0.39, 0.29) is 5.15 Å². The summed E-state index contributed by atoms with van der Waals surface area (Å²) < 4.78 is 6.62. The Morgan fingerprint density at radius 1 is 1.24 bits per heavy atom. The predicted molar refractivity (Wildman–Crippen MR) is 73.2 cm³/mol. The fourth-order valence-electron chi connectivity index (χ4n) is 1.21. The largest absolute Gasteiger partial charge is 0.439 e. The van der Waals surface area contributed by atoms with Gasteiger partial charge in [-0.25, -0.2) is 4.98 Å². The zero-order valence-corrected chi connectivity index (χ0v) is 11.4. The molecular formula is C12H6ClIN2O. The number of ether oxygens (including phenoxy) is 1. The predicted octanol–water partition coefficient (Wildman–Crippen LogP) is 4.00. The molecule has 3 nitrogen and oxygen atoms in total. The molecule has 17 heavy (non-hydrogen) atoms. The summed E-state index contributed by atoms with van der Waals surface area (Å²) in [4.78, 5) is 3.99.